The maximum absolute atomic E-state index is 11.9. The van der Waals surface area contributed by atoms with Crippen LogP contribution < -0.4 is 5.73 Å². The highest BCUT2D eigenvalue weighted by Gasteiger charge is 2.35. The van der Waals surface area contributed by atoms with Crippen LogP contribution in [0, 0.1) is 0 Å². The van der Waals surface area contributed by atoms with Crippen LogP contribution in [0.1, 0.15) is 18.4 Å². The van der Waals surface area contributed by atoms with E-state index in [0.717, 1.165) is 5.56 Å². The number of amides is 1. The first-order valence-electron chi connectivity index (χ1n) is 7.03. The van der Waals surface area contributed by atoms with Crippen molar-refractivity contribution in [2.75, 3.05) is 13.1 Å². The van der Waals surface area contributed by atoms with Crippen LogP contribution in [0.5, 0.6) is 0 Å². The van der Waals surface area contributed by atoms with Crippen molar-refractivity contribution >= 4 is 18.0 Å². The highest BCUT2D eigenvalue weighted by Crippen LogP contribution is 2.18. The van der Waals surface area contributed by atoms with Crippen LogP contribution >= 0.6 is 0 Å². The van der Waals surface area contributed by atoms with Crippen molar-refractivity contribution in [1.82, 2.24) is 4.90 Å². The molecule has 1 fully saturated rings. The summed E-state index contributed by atoms with van der Waals surface area (Å²) in [6.45, 7) is 0.278. The molecule has 1 aromatic rings. The van der Waals surface area contributed by atoms with E-state index < -0.39 is 18.2 Å². The van der Waals surface area contributed by atoms with Gasteiger partial charge in [0.25, 0.3) is 0 Å². The molecule has 1 aromatic carbocycles. The van der Waals surface area contributed by atoms with Gasteiger partial charge in [0.15, 0.2) is 0 Å². The predicted octanol–water partition coefficient (Wildman–Crippen LogP) is 0.816. The van der Waals surface area contributed by atoms with Gasteiger partial charge in [0.2, 0.25) is 5.91 Å². The molecule has 0 radical (unpaired) electrons. The zero-order valence-electron chi connectivity index (χ0n) is 12.1. The van der Waals surface area contributed by atoms with Gasteiger partial charge in [-0.3, -0.25) is 4.79 Å². The van der Waals surface area contributed by atoms with E-state index in [1.165, 1.54) is 4.90 Å². The fourth-order valence-corrected chi connectivity index (χ4v) is 2.32. The van der Waals surface area contributed by atoms with Crippen molar-refractivity contribution in [3.05, 3.63) is 35.9 Å². The number of nitrogens with zero attached hydrogens (tertiary/aromatic N) is 1. The minimum Gasteiger partial charge on any atom is -0.429 e. The van der Waals surface area contributed by atoms with E-state index in [-0.39, 0.29) is 19.1 Å². The Bertz CT molecular complexity index is 546. The Morgan fingerprint density at radius 3 is 2.64 bits per heavy atom. The standard InChI is InChI=1S/C15H18N2O5/c16-9-13(18)17-8-4-7-12(17)14(19)22-15(20)21-10-11-5-2-1-3-6-11/h1-3,5-6,12H,4,7-10,16H2/t12-/m0/s1. The number of carbonyl (C=O) groups is 3. The van der Waals surface area contributed by atoms with Gasteiger partial charge in [0.05, 0.1) is 6.54 Å². The molecule has 1 saturated heterocycles. The Hall–Kier alpha value is -2.41. The zero-order chi connectivity index (χ0) is 15.9. The summed E-state index contributed by atoms with van der Waals surface area (Å²) in [5.41, 5.74) is 6.08. The molecule has 7 nitrogen and oxygen atoms in total. The van der Waals surface area contributed by atoms with Gasteiger partial charge in [-0.15, -0.1) is 0 Å². The predicted molar refractivity (Wildman–Crippen MR) is 76.5 cm³/mol. The number of esters is 1. The van der Waals surface area contributed by atoms with Crippen molar-refractivity contribution in [3.8, 4) is 0 Å². The van der Waals surface area contributed by atoms with Crippen molar-refractivity contribution in [3.63, 3.8) is 0 Å². The van der Waals surface area contributed by atoms with E-state index >= 15 is 0 Å². The SMILES string of the molecule is NCC(=O)N1CCC[C@H]1C(=O)OC(=O)OCc1ccccc1. The summed E-state index contributed by atoms with van der Waals surface area (Å²) in [4.78, 5) is 36.4. The smallest absolute Gasteiger partial charge is 0.429 e. The highest BCUT2D eigenvalue weighted by atomic mass is 16.7. The van der Waals surface area contributed by atoms with Gasteiger partial charge in [-0.25, -0.2) is 9.59 Å². The van der Waals surface area contributed by atoms with Crippen LogP contribution in [0.15, 0.2) is 30.3 Å². The average Bonchev–Trinajstić information content (AvgIpc) is 3.03. The molecule has 0 aromatic heterocycles. The molecule has 2 rings (SSSR count). The molecule has 1 atom stereocenters. The molecule has 1 heterocycles. The van der Waals surface area contributed by atoms with E-state index in [9.17, 15) is 14.4 Å². The number of ether oxygens (including phenoxy) is 2. The summed E-state index contributed by atoms with van der Waals surface area (Å²) in [7, 11) is 0. The lowest BCUT2D eigenvalue weighted by atomic mass is 10.2. The van der Waals surface area contributed by atoms with Gasteiger partial charge in [-0.05, 0) is 18.4 Å². The molecule has 2 N–H and O–H groups in total. The van der Waals surface area contributed by atoms with Crippen LogP contribution in [-0.2, 0) is 25.7 Å². The Morgan fingerprint density at radius 1 is 1.23 bits per heavy atom. The summed E-state index contributed by atoms with van der Waals surface area (Å²) in [6.07, 6.45) is 0.0575. The quantitative estimate of drug-likeness (QED) is 0.653. The van der Waals surface area contributed by atoms with Crippen molar-refractivity contribution in [1.29, 1.82) is 0 Å². The largest absolute Gasteiger partial charge is 0.516 e. The van der Waals surface area contributed by atoms with E-state index in [2.05, 4.69) is 4.74 Å². The zero-order valence-corrected chi connectivity index (χ0v) is 12.1. The molecule has 7 heteroatoms. The summed E-state index contributed by atoms with van der Waals surface area (Å²) in [5.74, 6) is -1.12. The van der Waals surface area contributed by atoms with E-state index in [0.29, 0.717) is 19.4 Å². The molecule has 0 bridgehead atoms. The average molecular weight is 306 g/mol. The molecule has 0 aliphatic carbocycles. The van der Waals surface area contributed by atoms with Gasteiger partial charge in [0, 0.05) is 6.54 Å². The first-order valence-corrected chi connectivity index (χ1v) is 7.03. The van der Waals surface area contributed by atoms with Crippen LogP contribution in [0.4, 0.5) is 4.79 Å². The Kier molecular flexibility index (Phi) is 5.48. The number of likely N-dealkylation sites (tertiary alicyclic amines) is 1. The van der Waals surface area contributed by atoms with E-state index in [4.69, 9.17) is 10.5 Å². The molecule has 1 amide bonds. The van der Waals surface area contributed by atoms with Crippen LogP contribution in [0.25, 0.3) is 0 Å². The number of hydrogen-bond acceptors (Lipinski definition) is 6. The van der Waals surface area contributed by atoms with E-state index in [1.807, 2.05) is 18.2 Å². The molecule has 22 heavy (non-hydrogen) atoms. The fourth-order valence-electron chi connectivity index (χ4n) is 2.32. The van der Waals surface area contributed by atoms with Gasteiger partial charge >= 0.3 is 12.1 Å². The lowest BCUT2D eigenvalue weighted by molar-refractivity contribution is -0.150. The van der Waals surface area contributed by atoms with Gasteiger partial charge in [-0.2, -0.15) is 0 Å². The molecule has 1 aliphatic rings. The summed E-state index contributed by atoms with van der Waals surface area (Å²) >= 11 is 0. The lowest BCUT2D eigenvalue weighted by Gasteiger charge is -2.21. The van der Waals surface area contributed by atoms with Crippen molar-refractivity contribution < 1.29 is 23.9 Å². The van der Waals surface area contributed by atoms with Crippen LogP contribution in [0.3, 0.4) is 0 Å². The second-order valence-electron chi connectivity index (χ2n) is 4.89. The van der Waals surface area contributed by atoms with Crippen LogP contribution in [-0.4, -0.2) is 42.1 Å². The third-order valence-corrected chi connectivity index (χ3v) is 3.40. The van der Waals surface area contributed by atoms with Gasteiger partial charge in [0.1, 0.15) is 12.6 Å². The van der Waals surface area contributed by atoms with Gasteiger partial charge < -0.3 is 20.1 Å². The highest BCUT2D eigenvalue weighted by molar-refractivity contribution is 5.90. The first-order chi connectivity index (χ1) is 10.6. The number of benzene rings is 1. The summed E-state index contributed by atoms with van der Waals surface area (Å²) in [6, 6.07) is 8.27. The maximum Gasteiger partial charge on any atom is 0.516 e. The Morgan fingerprint density at radius 2 is 1.95 bits per heavy atom. The van der Waals surface area contributed by atoms with Crippen molar-refractivity contribution in [2.45, 2.75) is 25.5 Å². The molecule has 0 saturated carbocycles. The third-order valence-electron chi connectivity index (χ3n) is 3.40. The number of nitrogens with two attached hydrogens (primary N) is 1. The number of carbonyl (C=O) groups excluding carboxylic acids is 3. The first kappa shape index (κ1) is 16.0. The molecule has 1 aliphatic heterocycles. The second-order valence-corrected chi connectivity index (χ2v) is 4.89. The Balaban J connectivity index is 1.83. The molecule has 118 valence electrons. The second kappa shape index (κ2) is 7.56. The molecular weight excluding hydrogens is 288 g/mol. The van der Waals surface area contributed by atoms with Crippen molar-refractivity contribution in [2.24, 2.45) is 5.73 Å². The normalized spacial score (nSPS) is 17.1. The fraction of sp³-hybridized carbons (Fsp3) is 0.400. The molecule has 0 spiro atoms. The topological polar surface area (TPSA) is 98.9 Å². The maximum atomic E-state index is 11.9. The van der Waals surface area contributed by atoms with E-state index in [1.54, 1.807) is 12.1 Å². The minimum atomic E-state index is -1.07. The monoisotopic (exact) mass is 306 g/mol. The molecule has 0 unspecified atom stereocenters. The summed E-state index contributed by atoms with van der Waals surface area (Å²) in [5, 5.41) is 0. The minimum absolute atomic E-state index is 0.0169. The summed E-state index contributed by atoms with van der Waals surface area (Å²) < 4.78 is 9.52. The van der Waals surface area contributed by atoms with Gasteiger partial charge in [-0.1, -0.05) is 30.3 Å². The third kappa shape index (κ3) is 4.05. The van der Waals surface area contributed by atoms with Crippen LogP contribution in [0.2, 0.25) is 0 Å². The molecular formula is C15H18N2O5. The lowest BCUT2D eigenvalue weighted by Crippen LogP contribution is -2.44. The number of hydrogen-bond donors (Lipinski definition) is 1. The Labute approximate surface area is 128 Å². The number of rotatable bonds is 4.